The van der Waals surface area contributed by atoms with Crippen molar-refractivity contribution < 1.29 is 29.9 Å². The summed E-state index contributed by atoms with van der Waals surface area (Å²) in [6.45, 7) is 7.49. The Bertz CT molecular complexity index is 1320. The first-order chi connectivity index (χ1) is 15.0. The molecule has 0 amide bonds. The highest BCUT2D eigenvalue weighted by molar-refractivity contribution is 5.91. The Kier molecular flexibility index (Phi) is 6.20. The first-order valence-corrected chi connectivity index (χ1v) is 10.1. The van der Waals surface area contributed by atoms with Gasteiger partial charge in [0.15, 0.2) is 17.3 Å². The second-order valence-corrected chi connectivity index (χ2v) is 8.14. The molecular weight excluding hydrogens is 412 g/mol. The lowest BCUT2D eigenvalue weighted by atomic mass is 9.97. The van der Waals surface area contributed by atoms with Gasteiger partial charge in [-0.2, -0.15) is 0 Å². The third-order valence-electron chi connectivity index (χ3n) is 5.14. The molecule has 3 aromatic rings. The summed E-state index contributed by atoms with van der Waals surface area (Å²) < 4.78 is 5.91. The summed E-state index contributed by atoms with van der Waals surface area (Å²) in [6, 6.07) is 3.69. The smallest absolute Gasteiger partial charge is 0.238 e. The monoisotopic (exact) mass is 438 g/mol. The number of hydrogen-bond donors (Lipinski definition) is 5. The van der Waals surface area contributed by atoms with Gasteiger partial charge in [0.25, 0.3) is 0 Å². The van der Waals surface area contributed by atoms with Crippen LogP contribution in [-0.4, -0.2) is 25.5 Å². The normalized spacial score (nSPS) is 10.9. The zero-order valence-corrected chi connectivity index (χ0v) is 18.4. The van der Waals surface area contributed by atoms with Gasteiger partial charge in [0.05, 0.1) is 0 Å². The van der Waals surface area contributed by atoms with E-state index in [1.807, 2.05) is 39.8 Å². The Balaban J connectivity index is 2.41. The van der Waals surface area contributed by atoms with Crippen LogP contribution in [0.3, 0.4) is 0 Å². The molecule has 0 unspecified atom stereocenters. The molecule has 1 heterocycles. The van der Waals surface area contributed by atoms with Gasteiger partial charge >= 0.3 is 0 Å². The van der Waals surface area contributed by atoms with E-state index in [0.29, 0.717) is 0 Å². The molecule has 0 saturated heterocycles. The van der Waals surface area contributed by atoms with Crippen LogP contribution in [-0.2, 0) is 12.8 Å². The molecule has 7 heteroatoms. The van der Waals surface area contributed by atoms with Crippen molar-refractivity contribution >= 4 is 11.0 Å². The number of phenolic OH excluding ortho intramolecular Hbond substituents is 4. The van der Waals surface area contributed by atoms with Crippen molar-refractivity contribution in [3.05, 3.63) is 62.8 Å². The van der Waals surface area contributed by atoms with Crippen molar-refractivity contribution in [1.82, 2.24) is 0 Å². The van der Waals surface area contributed by atoms with Gasteiger partial charge in [0, 0.05) is 22.8 Å². The average Bonchev–Trinajstić information content (AvgIpc) is 2.70. The van der Waals surface area contributed by atoms with Gasteiger partial charge < -0.3 is 29.9 Å². The van der Waals surface area contributed by atoms with Crippen LogP contribution in [0.5, 0.6) is 28.7 Å². The Morgan fingerprint density at radius 2 is 1.41 bits per heavy atom. The van der Waals surface area contributed by atoms with E-state index in [-0.39, 0.29) is 57.8 Å². The van der Waals surface area contributed by atoms with Crippen LogP contribution in [0.4, 0.5) is 0 Å². The summed E-state index contributed by atoms with van der Waals surface area (Å²) in [6.07, 6.45) is 4.06. The quantitative estimate of drug-likeness (QED) is 0.280. The molecule has 0 radical (unpaired) electrons. The molecule has 1 aromatic heterocycles. The van der Waals surface area contributed by atoms with Crippen LogP contribution in [0, 0.1) is 0 Å². The average molecular weight is 438 g/mol. The van der Waals surface area contributed by atoms with Crippen LogP contribution in [0.15, 0.2) is 50.7 Å². The van der Waals surface area contributed by atoms with Crippen LogP contribution >= 0.6 is 0 Å². The minimum atomic E-state index is -0.877. The van der Waals surface area contributed by atoms with Crippen LogP contribution < -0.4 is 5.43 Å². The highest BCUT2D eigenvalue weighted by Crippen LogP contribution is 2.43. The summed E-state index contributed by atoms with van der Waals surface area (Å²) in [5.41, 5.74) is 1.70. The maximum Gasteiger partial charge on any atom is 0.238 e. The predicted octanol–water partition coefficient (Wildman–Crippen LogP) is 5.01. The van der Waals surface area contributed by atoms with E-state index in [2.05, 4.69) is 0 Å². The minimum absolute atomic E-state index is 0.0708. The van der Waals surface area contributed by atoms with Crippen molar-refractivity contribution in [2.45, 2.75) is 40.5 Å². The number of benzene rings is 2. The fraction of sp³-hybridized carbons (Fsp3) is 0.240. The van der Waals surface area contributed by atoms with Gasteiger partial charge in [0.1, 0.15) is 22.5 Å². The number of phenols is 4. The maximum atomic E-state index is 13.0. The van der Waals surface area contributed by atoms with E-state index in [0.717, 1.165) is 17.2 Å². The van der Waals surface area contributed by atoms with Crippen molar-refractivity contribution in [3.8, 4) is 40.1 Å². The summed E-state index contributed by atoms with van der Waals surface area (Å²) in [5, 5.41) is 51.5. The second-order valence-electron chi connectivity index (χ2n) is 8.14. The van der Waals surface area contributed by atoms with Crippen molar-refractivity contribution in [3.63, 3.8) is 0 Å². The standard InChI is InChI=1S/C25H26O7/c1-12(2)5-7-14-15(9-10-17(26)21(14)29)25-23(31)22(30)20-19(28)11-18(27)16(24(20)32-25)8-6-13(3)4/h5-6,9-11,26-29,31H,7-8H2,1-4H3. The molecule has 0 saturated carbocycles. The molecule has 7 nitrogen and oxygen atoms in total. The summed E-state index contributed by atoms with van der Waals surface area (Å²) in [5.74, 6) is -2.52. The topological polar surface area (TPSA) is 131 Å². The van der Waals surface area contributed by atoms with Crippen molar-refractivity contribution in [1.29, 1.82) is 0 Å². The summed E-state index contributed by atoms with van der Waals surface area (Å²) >= 11 is 0. The lowest BCUT2D eigenvalue weighted by Gasteiger charge is -2.15. The van der Waals surface area contributed by atoms with Gasteiger partial charge in [-0.15, -0.1) is 0 Å². The van der Waals surface area contributed by atoms with E-state index in [4.69, 9.17) is 4.42 Å². The van der Waals surface area contributed by atoms with Crippen LogP contribution in [0.2, 0.25) is 0 Å². The Morgan fingerprint density at radius 3 is 2.00 bits per heavy atom. The number of fused-ring (bicyclic) bond motifs is 1. The molecule has 3 rings (SSSR count). The molecule has 32 heavy (non-hydrogen) atoms. The van der Waals surface area contributed by atoms with Gasteiger partial charge in [-0.3, -0.25) is 4.79 Å². The highest BCUT2D eigenvalue weighted by Gasteiger charge is 2.25. The predicted molar refractivity (Wildman–Crippen MR) is 123 cm³/mol. The van der Waals surface area contributed by atoms with Crippen molar-refractivity contribution in [2.24, 2.45) is 0 Å². The van der Waals surface area contributed by atoms with E-state index in [9.17, 15) is 30.3 Å². The van der Waals surface area contributed by atoms with E-state index in [1.54, 1.807) is 0 Å². The largest absolute Gasteiger partial charge is 0.507 e. The number of hydrogen-bond acceptors (Lipinski definition) is 7. The molecule has 0 aliphatic heterocycles. The summed E-state index contributed by atoms with van der Waals surface area (Å²) in [7, 11) is 0. The molecule has 0 fully saturated rings. The van der Waals surface area contributed by atoms with Gasteiger partial charge in [-0.25, -0.2) is 0 Å². The Morgan fingerprint density at radius 1 is 0.812 bits per heavy atom. The first-order valence-electron chi connectivity index (χ1n) is 10.1. The molecule has 0 aliphatic carbocycles. The SMILES string of the molecule is CC(C)=CCc1c(-c2oc3c(CC=C(C)C)c(O)cc(O)c3c(=O)c2O)ccc(O)c1O. The van der Waals surface area contributed by atoms with Gasteiger partial charge in [-0.05, 0) is 52.7 Å². The fourth-order valence-electron chi connectivity index (χ4n) is 3.41. The lowest BCUT2D eigenvalue weighted by molar-refractivity contribution is 0.400. The Hall–Kier alpha value is -3.87. The van der Waals surface area contributed by atoms with Crippen molar-refractivity contribution in [2.75, 3.05) is 0 Å². The maximum absolute atomic E-state index is 13.0. The molecule has 0 atom stereocenters. The molecule has 5 N–H and O–H groups in total. The highest BCUT2D eigenvalue weighted by atomic mass is 16.4. The number of rotatable bonds is 5. The van der Waals surface area contributed by atoms with Crippen LogP contribution in [0.25, 0.3) is 22.3 Å². The van der Waals surface area contributed by atoms with Gasteiger partial charge in [0.2, 0.25) is 11.2 Å². The minimum Gasteiger partial charge on any atom is -0.507 e. The van der Waals surface area contributed by atoms with Gasteiger partial charge in [-0.1, -0.05) is 23.3 Å². The zero-order valence-electron chi connectivity index (χ0n) is 18.4. The molecule has 0 spiro atoms. The number of allylic oxidation sites excluding steroid dienone is 4. The van der Waals surface area contributed by atoms with E-state index < -0.39 is 22.7 Å². The Labute approximate surface area is 184 Å². The van der Waals surface area contributed by atoms with E-state index in [1.165, 1.54) is 12.1 Å². The molecular formula is C25H26O7. The van der Waals surface area contributed by atoms with E-state index >= 15 is 0 Å². The molecule has 0 bridgehead atoms. The van der Waals surface area contributed by atoms with Crippen LogP contribution in [0.1, 0.15) is 38.8 Å². The number of aromatic hydroxyl groups is 5. The molecule has 168 valence electrons. The molecule has 0 aliphatic rings. The fourth-order valence-corrected chi connectivity index (χ4v) is 3.41. The lowest BCUT2D eigenvalue weighted by Crippen LogP contribution is -2.05. The third-order valence-corrected chi connectivity index (χ3v) is 5.14. The first kappa shape index (κ1) is 22.8. The zero-order chi connectivity index (χ0) is 23.7. The third kappa shape index (κ3) is 4.14. The summed E-state index contributed by atoms with van der Waals surface area (Å²) in [4.78, 5) is 13.0. The second kappa shape index (κ2) is 8.70. The molecule has 2 aromatic carbocycles.